The molecule has 0 radical (unpaired) electrons. The summed E-state index contributed by atoms with van der Waals surface area (Å²) in [5.74, 6) is 0. The lowest BCUT2D eigenvalue weighted by Gasteiger charge is -2.00. The van der Waals surface area contributed by atoms with Crippen molar-refractivity contribution in [2.75, 3.05) is 0 Å². The van der Waals surface area contributed by atoms with Gasteiger partial charge >= 0.3 is 0 Å². The molecule has 0 saturated heterocycles. The van der Waals surface area contributed by atoms with E-state index in [0.717, 1.165) is 0 Å². The van der Waals surface area contributed by atoms with Gasteiger partial charge in [0.2, 0.25) is 0 Å². The molecule has 0 amide bonds. The number of allylic oxidation sites excluding steroid dienone is 5. The van der Waals surface area contributed by atoms with Crippen LogP contribution in [0.3, 0.4) is 0 Å². The fourth-order valence-corrected chi connectivity index (χ4v) is 2.02. The van der Waals surface area contributed by atoms with Crippen molar-refractivity contribution in [3.05, 3.63) is 66.5 Å². The molecule has 0 heterocycles. The first-order chi connectivity index (χ1) is 6.86. The topological polar surface area (TPSA) is 0 Å². The summed E-state index contributed by atoms with van der Waals surface area (Å²) in [5, 5.41) is 2.62. The molecule has 0 fully saturated rings. The van der Waals surface area contributed by atoms with Gasteiger partial charge in [-0.05, 0) is 17.5 Å². The zero-order valence-electron chi connectivity index (χ0n) is 8.40. The van der Waals surface area contributed by atoms with Gasteiger partial charge in [0.15, 0.2) is 0 Å². The van der Waals surface area contributed by atoms with Crippen LogP contribution in [-0.2, 0) is 0 Å². The average Bonchev–Trinajstić information content (AvgIpc) is 2.25. The van der Waals surface area contributed by atoms with Crippen molar-refractivity contribution in [2.24, 2.45) is 0 Å². The summed E-state index contributed by atoms with van der Waals surface area (Å²) >= 11 is 0. The molecule has 0 aliphatic rings. The molecule has 1 unspecified atom stereocenters. The van der Waals surface area contributed by atoms with E-state index in [4.69, 9.17) is 0 Å². The molecular formula is C13H15P. The molecule has 0 aromatic heterocycles. The molecule has 72 valence electrons. The van der Waals surface area contributed by atoms with Crippen LogP contribution < -0.4 is 5.30 Å². The van der Waals surface area contributed by atoms with Crippen LogP contribution in [0.5, 0.6) is 0 Å². The van der Waals surface area contributed by atoms with Crippen LogP contribution in [0, 0.1) is 0 Å². The Morgan fingerprint density at radius 2 is 2.00 bits per heavy atom. The van der Waals surface area contributed by atoms with Crippen LogP contribution >= 0.6 is 8.58 Å². The third kappa shape index (κ3) is 3.72. The van der Waals surface area contributed by atoms with Gasteiger partial charge in [0.05, 0.1) is 0 Å². The summed E-state index contributed by atoms with van der Waals surface area (Å²) in [4.78, 5) is 0. The maximum Gasteiger partial charge on any atom is -0.0226 e. The zero-order chi connectivity index (χ0) is 10.2. The highest BCUT2D eigenvalue weighted by Gasteiger charge is 1.92. The average molecular weight is 202 g/mol. The summed E-state index contributed by atoms with van der Waals surface area (Å²) < 4.78 is 0. The Labute approximate surface area is 87.8 Å². The number of hydrogen-bond donors (Lipinski definition) is 0. The Balaban J connectivity index is 2.71. The van der Waals surface area contributed by atoms with Crippen LogP contribution in [0.4, 0.5) is 0 Å². The Morgan fingerprint density at radius 1 is 1.29 bits per heavy atom. The van der Waals surface area contributed by atoms with Crippen LogP contribution in [0.1, 0.15) is 6.92 Å². The van der Waals surface area contributed by atoms with Gasteiger partial charge in [0, 0.05) is 0 Å². The first-order valence-corrected chi connectivity index (χ1v) is 5.64. The van der Waals surface area contributed by atoms with Crippen molar-refractivity contribution >= 4 is 13.9 Å². The second-order valence-electron chi connectivity index (χ2n) is 2.84. The molecule has 0 aliphatic heterocycles. The van der Waals surface area contributed by atoms with Crippen molar-refractivity contribution in [3.8, 4) is 0 Å². The third-order valence-corrected chi connectivity index (χ3v) is 3.03. The minimum Gasteiger partial charge on any atom is -0.0984 e. The largest absolute Gasteiger partial charge is 0.0984 e. The van der Waals surface area contributed by atoms with Gasteiger partial charge in [-0.25, -0.2) is 0 Å². The normalized spacial score (nSPS) is 12.8. The van der Waals surface area contributed by atoms with Crippen LogP contribution in [-0.4, -0.2) is 0 Å². The van der Waals surface area contributed by atoms with Gasteiger partial charge in [-0.3, -0.25) is 0 Å². The minimum atomic E-state index is 0.697. The SMILES string of the molecule is C=C/C(=C\C=C/C)Pc1ccccc1. The van der Waals surface area contributed by atoms with Crippen molar-refractivity contribution < 1.29 is 0 Å². The molecule has 1 atom stereocenters. The van der Waals surface area contributed by atoms with Crippen molar-refractivity contribution in [1.82, 2.24) is 0 Å². The van der Waals surface area contributed by atoms with E-state index in [9.17, 15) is 0 Å². The fraction of sp³-hybridized carbons (Fsp3) is 0.0769. The lowest BCUT2D eigenvalue weighted by molar-refractivity contribution is 1.72. The predicted molar refractivity (Wildman–Crippen MR) is 67.5 cm³/mol. The number of rotatable bonds is 4. The van der Waals surface area contributed by atoms with Crippen LogP contribution in [0.15, 0.2) is 66.5 Å². The summed E-state index contributed by atoms with van der Waals surface area (Å²) in [5.41, 5.74) is 0. The first kappa shape index (κ1) is 10.9. The highest BCUT2D eigenvalue weighted by molar-refractivity contribution is 7.52. The first-order valence-electron chi connectivity index (χ1n) is 4.64. The van der Waals surface area contributed by atoms with Gasteiger partial charge in [0.25, 0.3) is 0 Å². The molecule has 1 heteroatoms. The van der Waals surface area contributed by atoms with E-state index in [1.54, 1.807) is 0 Å². The number of benzene rings is 1. The molecule has 0 bridgehead atoms. The van der Waals surface area contributed by atoms with Crippen molar-refractivity contribution in [3.63, 3.8) is 0 Å². The van der Waals surface area contributed by atoms with E-state index in [1.165, 1.54) is 10.6 Å². The zero-order valence-corrected chi connectivity index (χ0v) is 9.40. The molecule has 0 nitrogen and oxygen atoms in total. The summed E-state index contributed by atoms with van der Waals surface area (Å²) in [6.45, 7) is 5.83. The standard InChI is InChI=1S/C13H15P/c1-3-5-9-12(4-2)14-13-10-7-6-8-11-13/h3-11,14H,2H2,1H3/b5-3-,12-9+. The smallest absolute Gasteiger partial charge is 0.0226 e. The second kappa shape index (κ2) is 6.34. The quantitative estimate of drug-likeness (QED) is 0.516. The summed E-state index contributed by atoms with van der Waals surface area (Å²) in [6.07, 6.45) is 8.11. The molecular weight excluding hydrogens is 187 g/mol. The Hall–Kier alpha value is -1.13. The Bertz CT molecular complexity index is 334. The third-order valence-electron chi connectivity index (χ3n) is 1.75. The monoisotopic (exact) mass is 202 g/mol. The maximum absolute atomic E-state index is 3.81. The van der Waals surface area contributed by atoms with Gasteiger partial charge in [-0.2, -0.15) is 0 Å². The van der Waals surface area contributed by atoms with E-state index >= 15 is 0 Å². The lowest BCUT2D eigenvalue weighted by atomic mass is 10.4. The van der Waals surface area contributed by atoms with Crippen LogP contribution in [0.2, 0.25) is 0 Å². The van der Waals surface area contributed by atoms with Crippen molar-refractivity contribution in [1.29, 1.82) is 0 Å². The second-order valence-corrected chi connectivity index (χ2v) is 4.25. The van der Waals surface area contributed by atoms with Gasteiger partial charge in [0.1, 0.15) is 0 Å². The molecule has 1 aromatic rings. The highest BCUT2D eigenvalue weighted by atomic mass is 31.1. The fourth-order valence-electron chi connectivity index (χ4n) is 1.05. The molecule has 0 N–H and O–H groups in total. The molecule has 14 heavy (non-hydrogen) atoms. The number of hydrogen-bond acceptors (Lipinski definition) is 0. The molecule has 0 spiro atoms. The Morgan fingerprint density at radius 3 is 2.57 bits per heavy atom. The maximum atomic E-state index is 3.81. The molecule has 0 saturated carbocycles. The van der Waals surface area contributed by atoms with Gasteiger partial charge in [-0.15, -0.1) is 0 Å². The van der Waals surface area contributed by atoms with E-state index in [1.807, 2.05) is 31.2 Å². The molecule has 1 rings (SSSR count). The molecule has 0 aliphatic carbocycles. The van der Waals surface area contributed by atoms with E-state index in [0.29, 0.717) is 8.58 Å². The van der Waals surface area contributed by atoms with Crippen LogP contribution in [0.25, 0.3) is 0 Å². The van der Waals surface area contributed by atoms with E-state index < -0.39 is 0 Å². The Kier molecular flexibility index (Phi) is 4.96. The van der Waals surface area contributed by atoms with Crippen molar-refractivity contribution in [2.45, 2.75) is 6.92 Å². The summed E-state index contributed by atoms with van der Waals surface area (Å²) in [6, 6.07) is 10.5. The van der Waals surface area contributed by atoms with E-state index in [2.05, 4.69) is 36.9 Å². The lowest BCUT2D eigenvalue weighted by Crippen LogP contribution is -1.90. The van der Waals surface area contributed by atoms with Gasteiger partial charge < -0.3 is 0 Å². The highest BCUT2D eigenvalue weighted by Crippen LogP contribution is 2.23. The molecule has 1 aromatic carbocycles. The van der Waals surface area contributed by atoms with E-state index in [-0.39, 0.29) is 0 Å². The predicted octanol–water partition coefficient (Wildman–Crippen LogP) is 3.64. The summed E-state index contributed by atoms with van der Waals surface area (Å²) in [7, 11) is 0.697. The van der Waals surface area contributed by atoms with Gasteiger partial charge in [-0.1, -0.05) is 69.8 Å². The minimum absolute atomic E-state index is 0.697.